The Hall–Kier alpha value is -2.04. The number of carboxylic acids is 1. The Bertz CT molecular complexity index is 541. The average molecular weight is 290 g/mol. The third-order valence-corrected chi connectivity index (χ3v) is 4.46. The van der Waals surface area contributed by atoms with Crippen LogP contribution in [0, 0.1) is 12.3 Å². The lowest BCUT2D eigenvalue weighted by atomic mass is 9.84. The first-order valence-electron chi connectivity index (χ1n) is 7.22. The van der Waals surface area contributed by atoms with Gasteiger partial charge in [-0.05, 0) is 31.9 Å². The highest BCUT2D eigenvalue weighted by atomic mass is 16.4. The lowest BCUT2D eigenvalue weighted by Crippen LogP contribution is -2.42. The molecule has 0 spiro atoms. The number of hydrogen-bond donors (Lipinski definition) is 1. The number of urea groups is 1. The highest BCUT2D eigenvalue weighted by Gasteiger charge is 2.45. The summed E-state index contributed by atoms with van der Waals surface area (Å²) in [6.07, 6.45) is 1.06. The van der Waals surface area contributed by atoms with Crippen LogP contribution in [0.15, 0.2) is 24.3 Å². The molecule has 1 saturated heterocycles. The Kier molecular flexibility index (Phi) is 4.21. The number of likely N-dealkylation sites (tertiary alicyclic amines) is 1. The number of benzene rings is 1. The van der Waals surface area contributed by atoms with Crippen LogP contribution in [0.25, 0.3) is 0 Å². The zero-order chi connectivity index (χ0) is 15.6. The summed E-state index contributed by atoms with van der Waals surface area (Å²) in [5.41, 5.74) is 1.16. The minimum atomic E-state index is -0.807. The Morgan fingerprint density at radius 2 is 1.95 bits per heavy atom. The van der Waals surface area contributed by atoms with Gasteiger partial charge in [0.15, 0.2) is 0 Å². The van der Waals surface area contributed by atoms with Crippen LogP contribution in [0.1, 0.15) is 25.3 Å². The molecule has 0 saturated carbocycles. The molecule has 1 aromatic rings. The van der Waals surface area contributed by atoms with Crippen molar-refractivity contribution in [1.29, 1.82) is 0 Å². The number of carbonyl (C=O) groups is 2. The molecule has 5 nitrogen and oxygen atoms in total. The normalized spacial score (nSPS) is 21.4. The molecule has 1 atom stereocenters. The maximum absolute atomic E-state index is 12.5. The second kappa shape index (κ2) is 5.76. The van der Waals surface area contributed by atoms with Crippen molar-refractivity contribution in [1.82, 2.24) is 4.90 Å². The van der Waals surface area contributed by atoms with Crippen molar-refractivity contribution < 1.29 is 14.7 Å². The van der Waals surface area contributed by atoms with Crippen LogP contribution in [-0.2, 0) is 4.79 Å². The molecule has 1 fully saturated rings. The van der Waals surface area contributed by atoms with Crippen LogP contribution >= 0.6 is 0 Å². The molecule has 1 aliphatic rings. The lowest BCUT2D eigenvalue weighted by Gasteiger charge is -2.27. The molecule has 0 radical (unpaired) electrons. The molecule has 0 aromatic heterocycles. The Labute approximate surface area is 125 Å². The Morgan fingerprint density at radius 1 is 1.33 bits per heavy atom. The fourth-order valence-corrected chi connectivity index (χ4v) is 2.74. The van der Waals surface area contributed by atoms with Gasteiger partial charge in [0.25, 0.3) is 0 Å². The minimum absolute atomic E-state index is 0.143. The molecular weight excluding hydrogens is 268 g/mol. The summed E-state index contributed by atoms with van der Waals surface area (Å²) in [5.74, 6) is -0.807. The van der Waals surface area contributed by atoms with E-state index in [4.69, 9.17) is 0 Å². The highest BCUT2D eigenvalue weighted by Crippen LogP contribution is 2.34. The quantitative estimate of drug-likeness (QED) is 0.931. The summed E-state index contributed by atoms with van der Waals surface area (Å²) in [4.78, 5) is 27.2. The van der Waals surface area contributed by atoms with E-state index in [1.54, 1.807) is 16.8 Å². The van der Waals surface area contributed by atoms with Gasteiger partial charge in [-0.25, -0.2) is 4.79 Å². The maximum atomic E-state index is 12.5. The van der Waals surface area contributed by atoms with Gasteiger partial charge in [0, 0.05) is 25.8 Å². The standard InChI is InChI=1S/C16H22N2O3/c1-4-16(14(19)20)9-10-18(11-16)15(21)17(3)13-7-5-12(2)6-8-13/h5-8H,4,9-11H2,1-3H3,(H,19,20). The van der Waals surface area contributed by atoms with E-state index in [0.29, 0.717) is 19.4 Å². The topological polar surface area (TPSA) is 60.9 Å². The second-order valence-corrected chi connectivity index (χ2v) is 5.79. The summed E-state index contributed by atoms with van der Waals surface area (Å²) in [6.45, 7) is 4.64. The van der Waals surface area contributed by atoms with E-state index in [1.165, 1.54) is 0 Å². The number of hydrogen-bond acceptors (Lipinski definition) is 2. The predicted molar refractivity (Wildman–Crippen MR) is 81.5 cm³/mol. The number of carbonyl (C=O) groups excluding carboxylic acids is 1. The molecule has 1 heterocycles. The van der Waals surface area contributed by atoms with Gasteiger partial charge in [-0.3, -0.25) is 9.69 Å². The van der Waals surface area contributed by atoms with Crippen LogP contribution < -0.4 is 4.90 Å². The number of anilines is 1. The monoisotopic (exact) mass is 290 g/mol. The number of rotatable bonds is 3. The molecule has 5 heteroatoms. The Balaban J connectivity index is 2.11. The molecule has 1 aromatic carbocycles. The van der Waals surface area contributed by atoms with Crippen LogP contribution in [-0.4, -0.2) is 42.1 Å². The molecule has 1 aliphatic heterocycles. The molecule has 114 valence electrons. The van der Waals surface area contributed by atoms with Gasteiger partial charge in [0.05, 0.1) is 5.41 Å². The molecule has 2 amide bonds. The molecule has 0 aliphatic carbocycles. The van der Waals surface area contributed by atoms with Crippen molar-refractivity contribution in [2.45, 2.75) is 26.7 Å². The smallest absolute Gasteiger partial charge is 0.324 e. The van der Waals surface area contributed by atoms with Crippen LogP contribution in [0.5, 0.6) is 0 Å². The van der Waals surface area contributed by atoms with Crippen molar-refractivity contribution in [3.05, 3.63) is 29.8 Å². The predicted octanol–water partition coefficient (Wildman–Crippen LogP) is 2.74. The molecular formula is C16H22N2O3. The van der Waals surface area contributed by atoms with Gasteiger partial charge in [-0.15, -0.1) is 0 Å². The molecule has 21 heavy (non-hydrogen) atoms. The van der Waals surface area contributed by atoms with E-state index in [0.717, 1.165) is 11.3 Å². The van der Waals surface area contributed by atoms with Crippen molar-refractivity contribution in [2.75, 3.05) is 25.0 Å². The fraction of sp³-hybridized carbons (Fsp3) is 0.500. The van der Waals surface area contributed by atoms with Crippen molar-refractivity contribution >= 4 is 17.7 Å². The van der Waals surface area contributed by atoms with Gasteiger partial charge in [-0.1, -0.05) is 24.6 Å². The zero-order valence-electron chi connectivity index (χ0n) is 12.8. The van der Waals surface area contributed by atoms with E-state index in [1.807, 2.05) is 38.1 Å². The molecule has 2 rings (SSSR count). The van der Waals surface area contributed by atoms with Crippen molar-refractivity contribution in [2.24, 2.45) is 5.41 Å². The summed E-state index contributed by atoms with van der Waals surface area (Å²) in [5, 5.41) is 9.40. The van der Waals surface area contributed by atoms with Gasteiger partial charge in [-0.2, -0.15) is 0 Å². The van der Waals surface area contributed by atoms with Crippen molar-refractivity contribution in [3.63, 3.8) is 0 Å². The third-order valence-electron chi connectivity index (χ3n) is 4.46. The van der Waals surface area contributed by atoms with Gasteiger partial charge in [0.1, 0.15) is 0 Å². The highest BCUT2D eigenvalue weighted by molar-refractivity contribution is 5.92. The molecule has 0 bridgehead atoms. The SMILES string of the molecule is CCC1(C(=O)O)CCN(C(=O)N(C)c2ccc(C)cc2)C1. The maximum Gasteiger partial charge on any atom is 0.324 e. The fourth-order valence-electron chi connectivity index (χ4n) is 2.74. The summed E-state index contributed by atoms with van der Waals surface area (Å²) < 4.78 is 0. The molecule has 1 N–H and O–H groups in total. The number of carboxylic acid groups (broad SMARTS) is 1. The van der Waals surface area contributed by atoms with Gasteiger partial charge in [0.2, 0.25) is 0 Å². The van der Waals surface area contributed by atoms with E-state index in [9.17, 15) is 14.7 Å². The number of amides is 2. The summed E-state index contributed by atoms with van der Waals surface area (Å²) in [7, 11) is 1.72. The number of aryl methyl sites for hydroxylation is 1. The van der Waals surface area contributed by atoms with Crippen molar-refractivity contribution in [3.8, 4) is 0 Å². The number of nitrogens with zero attached hydrogens (tertiary/aromatic N) is 2. The zero-order valence-corrected chi connectivity index (χ0v) is 12.8. The van der Waals surface area contributed by atoms with E-state index >= 15 is 0 Å². The Morgan fingerprint density at radius 3 is 2.43 bits per heavy atom. The first-order valence-corrected chi connectivity index (χ1v) is 7.22. The first kappa shape index (κ1) is 15.4. The third kappa shape index (κ3) is 2.86. The van der Waals surface area contributed by atoms with Gasteiger partial charge < -0.3 is 10.0 Å². The van der Waals surface area contributed by atoms with E-state index in [2.05, 4.69) is 0 Å². The summed E-state index contributed by atoms with van der Waals surface area (Å²) >= 11 is 0. The van der Waals surface area contributed by atoms with Crippen LogP contribution in [0.4, 0.5) is 10.5 Å². The van der Waals surface area contributed by atoms with E-state index < -0.39 is 11.4 Å². The molecule has 1 unspecified atom stereocenters. The minimum Gasteiger partial charge on any atom is -0.481 e. The number of aliphatic carboxylic acids is 1. The lowest BCUT2D eigenvalue weighted by molar-refractivity contribution is -0.148. The largest absolute Gasteiger partial charge is 0.481 e. The first-order chi connectivity index (χ1) is 9.89. The average Bonchev–Trinajstić information content (AvgIpc) is 2.92. The second-order valence-electron chi connectivity index (χ2n) is 5.79. The van der Waals surface area contributed by atoms with E-state index in [-0.39, 0.29) is 12.6 Å². The van der Waals surface area contributed by atoms with Crippen LogP contribution in [0.3, 0.4) is 0 Å². The van der Waals surface area contributed by atoms with Gasteiger partial charge >= 0.3 is 12.0 Å². The van der Waals surface area contributed by atoms with Crippen LogP contribution in [0.2, 0.25) is 0 Å². The summed E-state index contributed by atoms with van der Waals surface area (Å²) in [6, 6.07) is 7.56.